The molecule has 1 N–H and O–H groups in total. The lowest BCUT2D eigenvalue weighted by atomic mass is 9.85. The molecule has 0 spiro atoms. The molecule has 1 nitrogen and oxygen atoms in total. The van der Waals surface area contributed by atoms with Crippen LogP contribution >= 0.6 is 0 Å². The molecule has 0 bridgehead atoms. The van der Waals surface area contributed by atoms with Crippen molar-refractivity contribution in [2.24, 2.45) is 0 Å². The summed E-state index contributed by atoms with van der Waals surface area (Å²) in [4.78, 5) is 3.46. The molecule has 1 aromatic carbocycles. The molecule has 2 aromatic rings. The highest BCUT2D eigenvalue weighted by molar-refractivity contribution is 5.84. The third-order valence-electron chi connectivity index (χ3n) is 4.42. The van der Waals surface area contributed by atoms with Gasteiger partial charge < -0.3 is 4.98 Å². The summed E-state index contributed by atoms with van der Waals surface area (Å²) in [5, 5.41) is 1.43. The van der Waals surface area contributed by atoms with Crippen LogP contribution in [0.15, 0.2) is 24.4 Å². The third-order valence-corrected chi connectivity index (χ3v) is 4.42. The van der Waals surface area contributed by atoms with E-state index >= 15 is 0 Å². The van der Waals surface area contributed by atoms with Crippen molar-refractivity contribution in [3.63, 3.8) is 0 Å². The van der Waals surface area contributed by atoms with Gasteiger partial charge in [0, 0.05) is 17.1 Å². The summed E-state index contributed by atoms with van der Waals surface area (Å²) in [6.45, 7) is 11.4. The fourth-order valence-corrected chi connectivity index (χ4v) is 2.98. The molecule has 1 heteroatoms. The van der Waals surface area contributed by atoms with E-state index in [2.05, 4.69) is 64.0 Å². The predicted octanol–water partition coefficient (Wildman–Crippen LogP) is 6.15. The van der Waals surface area contributed by atoms with Crippen molar-refractivity contribution in [2.75, 3.05) is 0 Å². The number of fused-ring (bicyclic) bond motifs is 1. The molecule has 0 aliphatic heterocycles. The Balaban J connectivity index is 2.43. The van der Waals surface area contributed by atoms with Gasteiger partial charge in [0.05, 0.1) is 0 Å². The zero-order chi connectivity index (χ0) is 14.8. The maximum Gasteiger partial charge on any atom is 0.0457 e. The van der Waals surface area contributed by atoms with E-state index < -0.39 is 0 Å². The maximum absolute atomic E-state index is 3.46. The fourth-order valence-electron chi connectivity index (χ4n) is 2.98. The van der Waals surface area contributed by atoms with Crippen molar-refractivity contribution in [1.29, 1.82) is 0 Å². The van der Waals surface area contributed by atoms with Crippen LogP contribution < -0.4 is 0 Å². The van der Waals surface area contributed by atoms with Crippen molar-refractivity contribution in [1.82, 2.24) is 4.98 Å². The van der Waals surface area contributed by atoms with E-state index in [9.17, 15) is 0 Å². The Morgan fingerprint density at radius 2 is 1.90 bits per heavy atom. The largest absolute Gasteiger partial charge is 0.361 e. The maximum atomic E-state index is 3.46. The summed E-state index contributed by atoms with van der Waals surface area (Å²) in [6.07, 6.45) is 7.38. The lowest BCUT2D eigenvalue weighted by molar-refractivity contribution is 0.572. The number of rotatable bonds is 5. The molecule has 0 aliphatic rings. The molecule has 1 atom stereocenters. The Hall–Kier alpha value is -1.24. The Bertz CT molecular complexity index is 557. The fraction of sp³-hybridized carbons (Fsp3) is 0.579. The van der Waals surface area contributed by atoms with Gasteiger partial charge in [0.2, 0.25) is 0 Å². The second kappa shape index (κ2) is 6.03. The van der Waals surface area contributed by atoms with Crippen molar-refractivity contribution in [2.45, 2.75) is 71.6 Å². The van der Waals surface area contributed by atoms with E-state index in [4.69, 9.17) is 0 Å². The minimum absolute atomic E-state index is 0.216. The highest BCUT2D eigenvalue weighted by Crippen LogP contribution is 2.34. The molecular weight excluding hydrogens is 242 g/mol. The molecule has 0 amide bonds. The van der Waals surface area contributed by atoms with Crippen LogP contribution in [0, 0.1) is 0 Å². The minimum atomic E-state index is 0.216. The molecule has 0 radical (unpaired) electrons. The number of hydrogen-bond acceptors (Lipinski definition) is 0. The first-order valence-corrected chi connectivity index (χ1v) is 8.08. The number of nitrogens with one attached hydrogen (secondary N) is 1. The van der Waals surface area contributed by atoms with Crippen molar-refractivity contribution in [3.8, 4) is 0 Å². The number of hydrogen-bond donors (Lipinski definition) is 1. The summed E-state index contributed by atoms with van der Waals surface area (Å²) in [7, 11) is 0. The van der Waals surface area contributed by atoms with E-state index in [0.29, 0.717) is 5.92 Å². The summed E-state index contributed by atoms with van der Waals surface area (Å²) in [6, 6.07) is 6.90. The van der Waals surface area contributed by atoms with Gasteiger partial charge in [-0.05, 0) is 47.4 Å². The average molecular weight is 271 g/mol. The normalized spacial score (nSPS) is 13.8. The molecule has 1 aromatic heterocycles. The van der Waals surface area contributed by atoms with Gasteiger partial charge in [-0.3, -0.25) is 0 Å². The van der Waals surface area contributed by atoms with Crippen LogP contribution in [-0.2, 0) is 5.41 Å². The van der Waals surface area contributed by atoms with Gasteiger partial charge in [-0.1, -0.05) is 53.5 Å². The molecule has 0 aliphatic carbocycles. The van der Waals surface area contributed by atoms with E-state index in [-0.39, 0.29) is 5.41 Å². The van der Waals surface area contributed by atoms with Gasteiger partial charge in [-0.2, -0.15) is 0 Å². The Labute approximate surface area is 123 Å². The molecule has 20 heavy (non-hydrogen) atoms. The number of aromatic nitrogens is 1. The van der Waals surface area contributed by atoms with E-state index in [1.807, 2.05) is 0 Å². The smallest absolute Gasteiger partial charge is 0.0457 e. The quantitative estimate of drug-likeness (QED) is 0.671. The van der Waals surface area contributed by atoms with E-state index in [1.54, 1.807) is 0 Å². The second-order valence-electron chi connectivity index (χ2n) is 7.00. The van der Waals surface area contributed by atoms with Crippen LogP contribution in [0.25, 0.3) is 10.9 Å². The SMILES string of the molecule is CCCCC(CC)c1c[nH]c2ccc(C(C)(C)C)cc12. The lowest BCUT2D eigenvalue weighted by Crippen LogP contribution is -2.10. The summed E-state index contributed by atoms with van der Waals surface area (Å²) in [5.41, 5.74) is 4.44. The number of benzene rings is 1. The molecule has 1 heterocycles. The van der Waals surface area contributed by atoms with Crippen LogP contribution in [0.2, 0.25) is 0 Å². The van der Waals surface area contributed by atoms with Gasteiger partial charge in [-0.25, -0.2) is 0 Å². The molecule has 0 saturated heterocycles. The van der Waals surface area contributed by atoms with Crippen molar-refractivity contribution in [3.05, 3.63) is 35.5 Å². The van der Waals surface area contributed by atoms with Crippen LogP contribution in [0.1, 0.15) is 77.3 Å². The number of aromatic amines is 1. The third kappa shape index (κ3) is 3.08. The summed E-state index contributed by atoms with van der Waals surface area (Å²) >= 11 is 0. The van der Waals surface area contributed by atoms with E-state index in [1.165, 1.54) is 47.7 Å². The number of unbranched alkanes of at least 4 members (excludes halogenated alkanes) is 1. The first-order valence-electron chi connectivity index (χ1n) is 8.08. The van der Waals surface area contributed by atoms with Crippen molar-refractivity contribution >= 4 is 10.9 Å². The van der Waals surface area contributed by atoms with Crippen molar-refractivity contribution < 1.29 is 0 Å². The van der Waals surface area contributed by atoms with Gasteiger partial charge in [0.1, 0.15) is 0 Å². The Morgan fingerprint density at radius 3 is 2.50 bits per heavy atom. The van der Waals surface area contributed by atoms with Gasteiger partial charge >= 0.3 is 0 Å². The monoisotopic (exact) mass is 271 g/mol. The highest BCUT2D eigenvalue weighted by Gasteiger charge is 2.18. The lowest BCUT2D eigenvalue weighted by Gasteiger charge is -2.20. The minimum Gasteiger partial charge on any atom is -0.361 e. The first kappa shape index (κ1) is 15.2. The molecule has 1 unspecified atom stereocenters. The molecule has 0 saturated carbocycles. The predicted molar refractivity (Wildman–Crippen MR) is 89.6 cm³/mol. The topological polar surface area (TPSA) is 15.8 Å². The molecule has 2 rings (SSSR count). The highest BCUT2D eigenvalue weighted by atomic mass is 14.7. The van der Waals surface area contributed by atoms with Gasteiger partial charge in [0.15, 0.2) is 0 Å². The van der Waals surface area contributed by atoms with E-state index in [0.717, 1.165) is 0 Å². The molecule has 0 fully saturated rings. The zero-order valence-electron chi connectivity index (χ0n) is 13.7. The van der Waals surface area contributed by atoms with Crippen LogP contribution in [-0.4, -0.2) is 4.98 Å². The van der Waals surface area contributed by atoms with Gasteiger partial charge in [0.25, 0.3) is 0 Å². The van der Waals surface area contributed by atoms with Crippen LogP contribution in [0.4, 0.5) is 0 Å². The average Bonchev–Trinajstić information content (AvgIpc) is 2.82. The first-order chi connectivity index (χ1) is 9.47. The number of H-pyrrole nitrogens is 1. The molecular formula is C19H29N. The Kier molecular flexibility index (Phi) is 4.57. The van der Waals surface area contributed by atoms with Crippen LogP contribution in [0.5, 0.6) is 0 Å². The standard InChI is InChI=1S/C19H29N/c1-6-8-9-14(7-2)17-13-20-18-11-10-15(12-16(17)18)19(3,4)5/h10-14,20H,6-9H2,1-5H3. The van der Waals surface area contributed by atoms with Gasteiger partial charge in [-0.15, -0.1) is 0 Å². The Morgan fingerprint density at radius 1 is 1.15 bits per heavy atom. The van der Waals surface area contributed by atoms with Crippen LogP contribution in [0.3, 0.4) is 0 Å². The summed E-state index contributed by atoms with van der Waals surface area (Å²) in [5.74, 6) is 0.693. The molecule has 110 valence electrons. The zero-order valence-corrected chi connectivity index (χ0v) is 13.7. The summed E-state index contributed by atoms with van der Waals surface area (Å²) < 4.78 is 0. The second-order valence-corrected chi connectivity index (χ2v) is 7.00.